The van der Waals surface area contributed by atoms with Gasteiger partial charge in [-0.3, -0.25) is 4.79 Å². The molecule has 1 amide bonds. The lowest BCUT2D eigenvalue weighted by Crippen LogP contribution is -2.16. The molecule has 2 aromatic carbocycles. The summed E-state index contributed by atoms with van der Waals surface area (Å²) < 4.78 is 19.1. The van der Waals surface area contributed by atoms with Crippen molar-refractivity contribution < 1.29 is 13.9 Å². The van der Waals surface area contributed by atoms with Gasteiger partial charge >= 0.3 is 0 Å². The minimum atomic E-state index is -0.248. The number of halogens is 1. The molecule has 120 valence electrons. The molecule has 0 aliphatic carbocycles. The van der Waals surface area contributed by atoms with Gasteiger partial charge in [-0.2, -0.15) is 0 Å². The second-order valence-corrected chi connectivity index (χ2v) is 5.60. The average Bonchev–Trinajstić information content (AvgIpc) is 2.88. The number of fused-ring (bicyclic) bond motifs is 1. The lowest BCUT2D eigenvalue weighted by atomic mass is 10.0. The van der Waals surface area contributed by atoms with Crippen molar-refractivity contribution in [3.8, 4) is 5.75 Å². The largest absolute Gasteiger partial charge is 0.492 e. The fourth-order valence-electron chi connectivity index (χ4n) is 2.73. The molecule has 3 rings (SSSR count). The zero-order valence-electron chi connectivity index (χ0n) is 13.0. The van der Waals surface area contributed by atoms with Gasteiger partial charge in [0, 0.05) is 17.8 Å². The summed E-state index contributed by atoms with van der Waals surface area (Å²) in [4.78, 5) is 11.7. The van der Waals surface area contributed by atoms with Crippen molar-refractivity contribution in [2.24, 2.45) is 0 Å². The van der Waals surface area contributed by atoms with Crippen LogP contribution in [0.4, 0.5) is 10.1 Å². The van der Waals surface area contributed by atoms with Gasteiger partial charge < -0.3 is 15.4 Å². The van der Waals surface area contributed by atoms with E-state index in [0.29, 0.717) is 19.4 Å². The van der Waals surface area contributed by atoms with Crippen LogP contribution in [-0.2, 0) is 17.6 Å². The molecular weight excluding hydrogens is 295 g/mol. The Morgan fingerprint density at radius 2 is 2.13 bits per heavy atom. The van der Waals surface area contributed by atoms with Crippen LogP contribution in [0.15, 0.2) is 36.4 Å². The number of rotatable bonds is 6. The third-order valence-corrected chi connectivity index (χ3v) is 3.79. The van der Waals surface area contributed by atoms with Crippen LogP contribution in [-0.4, -0.2) is 26.1 Å². The molecule has 0 unspecified atom stereocenters. The van der Waals surface area contributed by atoms with E-state index >= 15 is 0 Å². The highest BCUT2D eigenvalue weighted by Gasteiger charge is 2.22. The quantitative estimate of drug-likeness (QED) is 0.806. The van der Waals surface area contributed by atoms with Gasteiger partial charge in [-0.1, -0.05) is 12.1 Å². The molecule has 0 radical (unpaired) electrons. The molecule has 1 aliphatic rings. The highest BCUT2D eigenvalue weighted by molar-refractivity contribution is 6.00. The van der Waals surface area contributed by atoms with Crippen LogP contribution in [0.5, 0.6) is 5.75 Å². The zero-order valence-corrected chi connectivity index (χ0v) is 13.0. The SMILES string of the molecule is CNCCOc1cc(Cc2cccc(F)c2)cc2c1CC(=O)N2. The summed E-state index contributed by atoms with van der Waals surface area (Å²) in [6, 6.07) is 10.4. The van der Waals surface area contributed by atoms with Crippen LogP contribution < -0.4 is 15.4 Å². The molecular formula is C18H19FN2O2. The Bertz CT molecular complexity index is 731. The maximum absolute atomic E-state index is 13.3. The second kappa shape index (κ2) is 6.79. The highest BCUT2D eigenvalue weighted by atomic mass is 19.1. The Hall–Kier alpha value is -2.40. The van der Waals surface area contributed by atoms with Crippen molar-refractivity contribution in [3.63, 3.8) is 0 Å². The summed E-state index contributed by atoms with van der Waals surface area (Å²) in [5.41, 5.74) is 3.56. The monoisotopic (exact) mass is 314 g/mol. The number of likely N-dealkylation sites (N-methyl/N-ethyl adjacent to an activating group) is 1. The second-order valence-electron chi connectivity index (χ2n) is 5.60. The molecule has 1 aliphatic heterocycles. The summed E-state index contributed by atoms with van der Waals surface area (Å²) in [5.74, 6) is 0.450. The predicted octanol–water partition coefficient (Wildman–Crippen LogP) is 2.51. The Morgan fingerprint density at radius 1 is 1.26 bits per heavy atom. The first kappa shape index (κ1) is 15.5. The fourth-order valence-corrected chi connectivity index (χ4v) is 2.73. The van der Waals surface area contributed by atoms with Crippen LogP contribution in [0, 0.1) is 5.82 Å². The fraction of sp³-hybridized carbons (Fsp3) is 0.278. The molecule has 1 heterocycles. The number of carbonyl (C=O) groups is 1. The number of carbonyl (C=O) groups excluding carboxylic acids is 1. The Kier molecular flexibility index (Phi) is 4.57. The van der Waals surface area contributed by atoms with Gasteiger partial charge in [-0.15, -0.1) is 0 Å². The summed E-state index contributed by atoms with van der Waals surface area (Å²) in [7, 11) is 1.86. The van der Waals surface area contributed by atoms with E-state index in [2.05, 4.69) is 10.6 Å². The normalized spacial score (nSPS) is 12.9. The molecule has 0 atom stereocenters. The van der Waals surface area contributed by atoms with Crippen LogP contribution in [0.3, 0.4) is 0 Å². The van der Waals surface area contributed by atoms with E-state index in [9.17, 15) is 9.18 Å². The van der Waals surface area contributed by atoms with Gasteiger partial charge in [-0.05, 0) is 48.9 Å². The molecule has 4 nitrogen and oxygen atoms in total. The number of anilines is 1. The van der Waals surface area contributed by atoms with Gasteiger partial charge in [0.05, 0.1) is 6.42 Å². The molecule has 5 heteroatoms. The number of ether oxygens (including phenoxy) is 1. The Labute approximate surface area is 134 Å². The lowest BCUT2D eigenvalue weighted by molar-refractivity contribution is -0.115. The third-order valence-electron chi connectivity index (χ3n) is 3.79. The molecule has 0 aromatic heterocycles. The number of nitrogens with one attached hydrogen (secondary N) is 2. The van der Waals surface area contributed by atoms with Crippen molar-refractivity contribution in [1.82, 2.24) is 5.32 Å². The summed E-state index contributed by atoms with van der Waals surface area (Å²) in [6.45, 7) is 1.25. The van der Waals surface area contributed by atoms with Crippen molar-refractivity contribution in [1.29, 1.82) is 0 Å². The predicted molar refractivity (Wildman–Crippen MR) is 87.4 cm³/mol. The van der Waals surface area contributed by atoms with E-state index < -0.39 is 0 Å². The third kappa shape index (κ3) is 3.68. The number of hydrogen-bond donors (Lipinski definition) is 2. The van der Waals surface area contributed by atoms with Crippen LogP contribution in [0.2, 0.25) is 0 Å². The Morgan fingerprint density at radius 3 is 2.91 bits per heavy atom. The number of amides is 1. The minimum Gasteiger partial charge on any atom is -0.492 e. The Balaban J connectivity index is 1.87. The maximum Gasteiger partial charge on any atom is 0.229 e. The molecule has 0 bridgehead atoms. The van der Waals surface area contributed by atoms with E-state index in [1.807, 2.05) is 25.2 Å². The average molecular weight is 314 g/mol. The standard InChI is InChI=1S/C18H19FN2O2/c1-20-5-6-23-17-10-13(7-12-3-2-4-14(19)8-12)9-16-15(17)11-18(22)21-16/h2-4,8-10,20H,5-7,11H2,1H3,(H,21,22). The van der Waals surface area contributed by atoms with E-state index in [-0.39, 0.29) is 11.7 Å². The van der Waals surface area contributed by atoms with Gasteiger partial charge in [0.2, 0.25) is 5.91 Å². The van der Waals surface area contributed by atoms with Crippen LogP contribution in [0.25, 0.3) is 0 Å². The van der Waals surface area contributed by atoms with Gasteiger partial charge in [0.1, 0.15) is 18.2 Å². The molecule has 23 heavy (non-hydrogen) atoms. The van der Waals surface area contributed by atoms with E-state index in [1.165, 1.54) is 12.1 Å². The molecule has 2 N–H and O–H groups in total. The smallest absolute Gasteiger partial charge is 0.229 e. The first-order valence-corrected chi connectivity index (χ1v) is 7.63. The number of hydrogen-bond acceptors (Lipinski definition) is 3. The molecule has 0 saturated heterocycles. The number of benzene rings is 2. The zero-order chi connectivity index (χ0) is 16.2. The molecule has 2 aromatic rings. The molecule has 0 fully saturated rings. The van der Waals surface area contributed by atoms with Crippen LogP contribution in [0.1, 0.15) is 16.7 Å². The first-order chi connectivity index (χ1) is 11.2. The van der Waals surface area contributed by atoms with E-state index in [1.54, 1.807) is 6.07 Å². The van der Waals surface area contributed by atoms with Gasteiger partial charge in [0.15, 0.2) is 0 Å². The molecule has 0 spiro atoms. The van der Waals surface area contributed by atoms with Crippen molar-refractivity contribution in [2.45, 2.75) is 12.8 Å². The minimum absolute atomic E-state index is 0.0265. The van der Waals surface area contributed by atoms with Crippen molar-refractivity contribution >= 4 is 11.6 Å². The topological polar surface area (TPSA) is 50.4 Å². The lowest BCUT2D eigenvalue weighted by Gasteiger charge is -2.13. The van der Waals surface area contributed by atoms with Gasteiger partial charge in [0.25, 0.3) is 0 Å². The van der Waals surface area contributed by atoms with Crippen molar-refractivity contribution in [2.75, 3.05) is 25.5 Å². The first-order valence-electron chi connectivity index (χ1n) is 7.63. The van der Waals surface area contributed by atoms with E-state index in [4.69, 9.17) is 4.74 Å². The molecule has 0 saturated carbocycles. The van der Waals surface area contributed by atoms with Crippen molar-refractivity contribution in [3.05, 3.63) is 58.9 Å². The summed E-state index contributed by atoms with van der Waals surface area (Å²) >= 11 is 0. The maximum atomic E-state index is 13.3. The van der Waals surface area contributed by atoms with E-state index in [0.717, 1.165) is 34.7 Å². The summed E-state index contributed by atoms with van der Waals surface area (Å²) in [6.07, 6.45) is 0.924. The van der Waals surface area contributed by atoms with Crippen LogP contribution >= 0.6 is 0 Å². The van der Waals surface area contributed by atoms with Gasteiger partial charge in [-0.25, -0.2) is 4.39 Å². The summed E-state index contributed by atoms with van der Waals surface area (Å²) in [5, 5.41) is 5.88. The highest BCUT2D eigenvalue weighted by Crippen LogP contribution is 2.34.